The van der Waals surface area contributed by atoms with Crippen LogP contribution in [0.1, 0.15) is 22.7 Å². The highest BCUT2D eigenvalue weighted by molar-refractivity contribution is 6.34. The van der Waals surface area contributed by atoms with Gasteiger partial charge in [0.05, 0.1) is 12.1 Å². The topological polar surface area (TPSA) is 32.3 Å². The van der Waals surface area contributed by atoms with E-state index in [0.29, 0.717) is 23.0 Å². The molecule has 1 aliphatic carbocycles. The molecule has 0 amide bonds. The van der Waals surface area contributed by atoms with Crippen LogP contribution in [-0.4, -0.2) is 11.2 Å². The van der Waals surface area contributed by atoms with E-state index in [9.17, 15) is 5.11 Å². The van der Waals surface area contributed by atoms with Gasteiger partial charge in [0, 0.05) is 23.0 Å². The van der Waals surface area contributed by atoms with Gasteiger partial charge < -0.3 is 10.4 Å². The molecule has 2 nitrogen and oxygen atoms in total. The minimum Gasteiger partial charge on any atom is -0.391 e. The molecule has 2 aromatic rings. The number of halogens is 2. The predicted molar refractivity (Wildman–Crippen MR) is 82.2 cm³/mol. The molecule has 0 radical (unpaired) electrons. The number of aliphatic hydroxyl groups excluding tert-OH is 1. The maximum atomic E-state index is 10.2. The minimum absolute atomic E-state index is 0.0380. The molecule has 0 unspecified atom stereocenters. The normalized spacial score (nSPS) is 20.9. The highest BCUT2D eigenvalue weighted by Crippen LogP contribution is 2.31. The smallest absolute Gasteiger partial charge is 0.0775 e. The quantitative estimate of drug-likeness (QED) is 0.905. The molecule has 0 aliphatic heterocycles. The number of benzene rings is 2. The molecule has 0 heterocycles. The van der Waals surface area contributed by atoms with E-state index in [-0.39, 0.29) is 12.1 Å². The molecule has 2 aromatic carbocycles. The number of nitrogens with one attached hydrogen (secondary N) is 1. The number of fused-ring (bicyclic) bond motifs is 1. The van der Waals surface area contributed by atoms with Crippen molar-refractivity contribution >= 4 is 23.2 Å². The zero-order chi connectivity index (χ0) is 14.1. The maximum absolute atomic E-state index is 10.2. The second-order valence-electron chi connectivity index (χ2n) is 5.11. The van der Waals surface area contributed by atoms with Gasteiger partial charge >= 0.3 is 0 Å². The predicted octanol–water partition coefficient (Wildman–Crippen LogP) is 3.74. The molecule has 0 saturated heterocycles. The van der Waals surface area contributed by atoms with Gasteiger partial charge in [-0.25, -0.2) is 0 Å². The van der Waals surface area contributed by atoms with Gasteiger partial charge in [0.1, 0.15) is 0 Å². The largest absolute Gasteiger partial charge is 0.391 e. The summed E-state index contributed by atoms with van der Waals surface area (Å²) < 4.78 is 0. The first-order valence-electron chi connectivity index (χ1n) is 6.58. The van der Waals surface area contributed by atoms with Gasteiger partial charge in [0.15, 0.2) is 0 Å². The van der Waals surface area contributed by atoms with E-state index in [1.165, 1.54) is 11.1 Å². The van der Waals surface area contributed by atoms with Gasteiger partial charge in [0.2, 0.25) is 0 Å². The van der Waals surface area contributed by atoms with Gasteiger partial charge in [-0.2, -0.15) is 0 Å². The van der Waals surface area contributed by atoms with Crippen molar-refractivity contribution in [3.8, 4) is 0 Å². The molecule has 2 N–H and O–H groups in total. The summed E-state index contributed by atoms with van der Waals surface area (Å²) in [6, 6.07) is 13.6. The molecule has 4 heteroatoms. The Morgan fingerprint density at radius 1 is 1.10 bits per heavy atom. The molecule has 104 valence electrons. The Balaban J connectivity index is 1.75. The number of aliphatic hydroxyl groups is 1. The zero-order valence-corrected chi connectivity index (χ0v) is 12.3. The lowest BCUT2D eigenvalue weighted by Crippen LogP contribution is -2.28. The third-order valence-corrected chi connectivity index (χ3v) is 4.09. The van der Waals surface area contributed by atoms with Crippen molar-refractivity contribution in [2.45, 2.75) is 25.1 Å². The van der Waals surface area contributed by atoms with E-state index in [1.807, 2.05) is 24.3 Å². The zero-order valence-electron chi connectivity index (χ0n) is 10.8. The van der Waals surface area contributed by atoms with E-state index in [4.69, 9.17) is 23.2 Å². The summed E-state index contributed by atoms with van der Waals surface area (Å²) in [4.78, 5) is 0. The van der Waals surface area contributed by atoms with E-state index < -0.39 is 0 Å². The average Bonchev–Trinajstić information content (AvgIpc) is 2.71. The highest BCUT2D eigenvalue weighted by atomic mass is 35.5. The van der Waals surface area contributed by atoms with Crippen molar-refractivity contribution in [3.63, 3.8) is 0 Å². The first kappa shape index (κ1) is 13.9. The second kappa shape index (κ2) is 5.74. The molecule has 0 aromatic heterocycles. The minimum atomic E-state index is -0.387. The van der Waals surface area contributed by atoms with Gasteiger partial charge in [0.25, 0.3) is 0 Å². The van der Waals surface area contributed by atoms with E-state index in [0.717, 1.165) is 5.56 Å². The van der Waals surface area contributed by atoms with Crippen molar-refractivity contribution in [2.24, 2.45) is 0 Å². The van der Waals surface area contributed by atoms with Crippen LogP contribution in [0.5, 0.6) is 0 Å². The van der Waals surface area contributed by atoms with Crippen LogP contribution < -0.4 is 5.32 Å². The van der Waals surface area contributed by atoms with Crippen LogP contribution in [0.15, 0.2) is 42.5 Å². The summed E-state index contributed by atoms with van der Waals surface area (Å²) in [6.07, 6.45) is 0.312. The summed E-state index contributed by atoms with van der Waals surface area (Å²) in [5, 5.41) is 14.8. The molecular weight excluding hydrogens is 293 g/mol. The van der Waals surface area contributed by atoms with Gasteiger partial charge in [-0.15, -0.1) is 0 Å². The van der Waals surface area contributed by atoms with Crippen molar-refractivity contribution in [1.29, 1.82) is 0 Å². The Bertz CT molecular complexity index is 609. The number of hydrogen-bond acceptors (Lipinski definition) is 2. The summed E-state index contributed by atoms with van der Waals surface area (Å²) in [6.45, 7) is 0.621. The molecule has 0 bridgehead atoms. The SMILES string of the molecule is O[C@H]1Cc2ccccc2[C@H]1NCc1cc(Cl)cc(Cl)c1. The van der Waals surface area contributed by atoms with Crippen LogP contribution in [0.25, 0.3) is 0 Å². The van der Waals surface area contributed by atoms with Crippen molar-refractivity contribution in [3.05, 3.63) is 69.2 Å². The Hall–Kier alpha value is -1.06. The van der Waals surface area contributed by atoms with Crippen molar-refractivity contribution in [2.75, 3.05) is 0 Å². The lowest BCUT2D eigenvalue weighted by Gasteiger charge is -2.18. The third kappa shape index (κ3) is 2.84. The van der Waals surface area contributed by atoms with Gasteiger partial charge in [-0.3, -0.25) is 0 Å². The third-order valence-electron chi connectivity index (χ3n) is 3.65. The molecule has 0 fully saturated rings. The lowest BCUT2D eigenvalue weighted by atomic mass is 10.1. The lowest BCUT2D eigenvalue weighted by molar-refractivity contribution is 0.140. The summed E-state index contributed by atoms with van der Waals surface area (Å²) in [5.41, 5.74) is 3.40. The van der Waals surface area contributed by atoms with Gasteiger partial charge in [-0.1, -0.05) is 47.5 Å². The number of rotatable bonds is 3. The van der Waals surface area contributed by atoms with E-state index in [1.54, 1.807) is 6.07 Å². The van der Waals surface area contributed by atoms with Crippen molar-refractivity contribution < 1.29 is 5.11 Å². The van der Waals surface area contributed by atoms with Crippen LogP contribution in [0.3, 0.4) is 0 Å². The van der Waals surface area contributed by atoms with Crippen LogP contribution >= 0.6 is 23.2 Å². The highest BCUT2D eigenvalue weighted by Gasteiger charge is 2.29. The molecule has 20 heavy (non-hydrogen) atoms. The molecular formula is C16H15Cl2NO. The molecule has 2 atom stereocenters. The molecule has 0 spiro atoms. The first-order valence-corrected chi connectivity index (χ1v) is 7.33. The van der Waals surface area contributed by atoms with Crippen molar-refractivity contribution in [1.82, 2.24) is 5.32 Å². The van der Waals surface area contributed by atoms with E-state index in [2.05, 4.69) is 17.4 Å². The van der Waals surface area contributed by atoms with Crippen LogP contribution in [0.2, 0.25) is 10.0 Å². The fourth-order valence-electron chi connectivity index (χ4n) is 2.76. The van der Waals surface area contributed by atoms with Crippen LogP contribution in [0, 0.1) is 0 Å². The summed E-state index contributed by atoms with van der Waals surface area (Å²) in [7, 11) is 0. The fourth-order valence-corrected chi connectivity index (χ4v) is 3.33. The Labute approximate surface area is 128 Å². The van der Waals surface area contributed by atoms with Crippen LogP contribution in [-0.2, 0) is 13.0 Å². The fraction of sp³-hybridized carbons (Fsp3) is 0.250. The Kier molecular flexibility index (Phi) is 3.99. The summed E-state index contributed by atoms with van der Waals surface area (Å²) in [5.74, 6) is 0. The Morgan fingerprint density at radius 3 is 2.55 bits per heavy atom. The van der Waals surface area contributed by atoms with E-state index >= 15 is 0 Å². The standard InChI is InChI=1S/C16H15Cl2NO/c17-12-5-10(6-13(18)8-12)9-19-16-14-4-2-1-3-11(14)7-15(16)20/h1-6,8,15-16,19-20H,7,9H2/t15-,16+/m0/s1. The van der Waals surface area contributed by atoms with Crippen LogP contribution in [0.4, 0.5) is 0 Å². The molecule has 0 saturated carbocycles. The van der Waals surface area contributed by atoms with Gasteiger partial charge in [-0.05, 0) is 34.9 Å². The Morgan fingerprint density at radius 2 is 1.80 bits per heavy atom. The molecule has 1 aliphatic rings. The summed E-state index contributed by atoms with van der Waals surface area (Å²) >= 11 is 12.0. The first-order chi connectivity index (χ1) is 9.63. The average molecular weight is 308 g/mol. The maximum Gasteiger partial charge on any atom is 0.0775 e. The monoisotopic (exact) mass is 307 g/mol. The molecule has 3 rings (SSSR count). The second-order valence-corrected chi connectivity index (χ2v) is 5.98. The number of hydrogen-bond donors (Lipinski definition) is 2.